The third-order valence-corrected chi connectivity index (χ3v) is 6.06. The Hall–Kier alpha value is -1.43. The van der Waals surface area contributed by atoms with Crippen molar-refractivity contribution in [2.45, 2.75) is 95.7 Å². The summed E-state index contributed by atoms with van der Waals surface area (Å²) in [6.07, 6.45) is 15.3. The van der Waals surface area contributed by atoms with Crippen LogP contribution in [0, 0.1) is 5.92 Å². The van der Waals surface area contributed by atoms with Gasteiger partial charge in [-0.2, -0.15) is 5.10 Å². The number of aromatic amines is 1. The fraction of sp³-hybridized carbons (Fsp3) is 0.842. The molecule has 2 saturated carbocycles. The predicted octanol–water partition coefficient (Wildman–Crippen LogP) is 3.15. The zero-order valence-electron chi connectivity index (χ0n) is 15.3. The Kier molecular flexibility index (Phi) is 6.84. The monoisotopic (exact) mass is 347 g/mol. The molecule has 0 saturated heterocycles. The molecule has 1 heterocycles. The first-order valence-electron chi connectivity index (χ1n) is 10.1. The van der Waals surface area contributed by atoms with E-state index < -0.39 is 0 Å². The number of carbonyl (C=O) groups excluding carboxylic acids is 1. The molecule has 2 aliphatic carbocycles. The van der Waals surface area contributed by atoms with Gasteiger partial charge >= 0.3 is 0 Å². The molecule has 6 nitrogen and oxygen atoms in total. The van der Waals surface area contributed by atoms with Crippen molar-refractivity contribution < 1.29 is 4.79 Å². The normalized spacial score (nSPS) is 21.2. The molecular weight excluding hydrogens is 314 g/mol. The van der Waals surface area contributed by atoms with Crippen LogP contribution in [-0.4, -0.2) is 38.1 Å². The summed E-state index contributed by atoms with van der Waals surface area (Å²) in [6, 6.07) is 0.506. The number of amides is 1. The molecule has 2 aliphatic rings. The predicted molar refractivity (Wildman–Crippen MR) is 97.6 cm³/mol. The molecule has 6 heteroatoms. The number of nitrogens with two attached hydrogens (primary N) is 1. The van der Waals surface area contributed by atoms with Crippen LogP contribution >= 0.6 is 0 Å². The molecule has 0 radical (unpaired) electrons. The average Bonchev–Trinajstić information content (AvgIpc) is 3.18. The standard InChI is InChI=1S/C19H33N5O/c20-17(15-7-3-1-4-8-15)11-12-19(25)24(13-18-21-14-22-23-18)16-9-5-2-6-10-16/h14-17H,1-13,20H2,(H,21,22,23)/t17-/m0/s1. The Bertz CT molecular complexity index is 506. The number of H-pyrrole nitrogens is 1. The van der Waals surface area contributed by atoms with Crippen molar-refractivity contribution in [2.75, 3.05) is 0 Å². The first kappa shape index (κ1) is 18.4. The van der Waals surface area contributed by atoms with Gasteiger partial charge in [-0.3, -0.25) is 9.89 Å². The Balaban J connectivity index is 1.55. The topological polar surface area (TPSA) is 87.9 Å². The van der Waals surface area contributed by atoms with Gasteiger partial charge in [-0.15, -0.1) is 0 Å². The molecule has 0 bridgehead atoms. The van der Waals surface area contributed by atoms with Crippen molar-refractivity contribution in [3.63, 3.8) is 0 Å². The van der Waals surface area contributed by atoms with E-state index in [1.54, 1.807) is 6.33 Å². The highest BCUT2D eigenvalue weighted by Crippen LogP contribution is 2.28. The highest BCUT2D eigenvalue weighted by Gasteiger charge is 2.28. The van der Waals surface area contributed by atoms with Crippen LogP contribution in [-0.2, 0) is 11.3 Å². The summed E-state index contributed by atoms with van der Waals surface area (Å²) in [4.78, 5) is 19.2. The number of rotatable bonds is 7. The van der Waals surface area contributed by atoms with Crippen molar-refractivity contribution in [3.8, 4) is 0 Å². The summed E-state index contributed by atoms with van der Waals surface area (Å²) in [5.74, 6) is 1.54. The lowest BCUT2D eigenvalue weighted by Gasteiger charge is -2.34. The summed E-state index contributed by atoms with van der Waals surface area (Å²) in [7, 11) is 0. The summed E-state index contributed by atoms with van der Waals surface area (Å²) in [6.45, 7) is 0.520. The molecule has 0 unspecified atom stereocenters. The maximum Gasteiger partial charge on any atom is 0.223 e. The molecule has 0 aliphatic heterocycles. The van der Waals surface area contributed by atoms with Crippen LogP contribution in [0.2, 0.25) is 0 Å². The van der Waals surface area contributed by atoms with Gasteiger partial charge in [-0.05, 0) is 38.0 Å². The number of hydrogen-bond donors (Lipinski definition) is 2. The molecule has 3 rings (SSSR count). The molecule has 3 N–H and O–H groups in total. The van der Waals surface area contributed by atoms with Crippen LogP contribution in [0.5, 0.6) is 0 Å². The van der Waals surface area contributed by atoms with Gasteiger partial charge in [-0.25, -0.2) is 4.98 Å². The lowest BCUT2D eigenvalue weighted by molar-refractivity contribution is -0.135. The van der Waals surface area contributed by atoms with E-state index in [-0.39, 0.29) is 11.9 Å². The molecule has 1 aromatic rings. The van der Waals surface area contributed by atoms with E-state index in [1.807, 2.05) is 4.90 Å². The molecular formula is C19H33N5O. The van der Waals surface area contributed by atoms with E-state index in [2.05, 4.69) is 15.2 Å². The van der Waals surface area contributed by atoms with Crippen molar-refractivity contribution in [2.24, 2.45) is 11.7 Å². The molecule has 1 amide bonds. The second-order valence-corrected chi connectivity index (χ2v) is 7.83. The van der Waals surface area contributed by atoms with Crippen molar-refractivity contribution >= 4 is 5.91 Å². The number of carbonyl (C=O) groups is 1. The van der Waals surface area contributed by atoms with Gasteiger partial charge in [0, 0.05) is 18.5 Å². The van der Waals surface area contributed by atoms with Crippen molar-refractivity contribution in [1.82, 2.24) is 20.1 Å². The summed E-state index contributed by atoms with van der Waals surface area (Å²) >= 11 is 0. The van der Waals surface area contributed by atoms with Crippen molar-refractivity contribution in [3.05, 3.63) is 12.2 Å². The number of nitrogens with zero attached hydrogens (tertiary/aromatic N) is 3. The van der Waals surface area contributed by atoms with Gasteiger partial charge in [-0.1, -0.05) is 38.5 Å². The van der Waals surface area contributed by atoms with E-state index in [4.69, 9.17) is 5.73 Å². The van der Waals surface area contributed by atoms with E-state index in [9.17, 15) is 4.79 Å². The highest BCUT2D eigenvalue weighted by molar-refractivity contribution is 5.76. The zero-order chi connectivity index (χ0) is 17.5. The van der Waals surface area contributed by atoms with Crippen LogP contribution in [0.3, 0.4) is 0 Å². The molecule has 1 aromatic heterocycles. The van der Waals surface area contributed by atoms with Gasteiger partial charge in [0.25, 0.3) is 0 Å². The number of aromatic nitrogens is 3. The van der Waals surface area contributed by atoms with Crippen LogP contribution < -0.4 is 5.73 Å². The Labute approximate surface area is 151 Å². The summed E-state index contributed by atoms with van der Waals surface area (Å²) < 4.78 is 0. The second-order valence-electron chi connectivity index (χ2n) is 7.83. The average molecular weight is 348 g/mol. The Morgan fingerprint density at radius 3 is 2.48 bits per heavy atom. The second kappa shape index (κ2) is 9.32. The fourth-order valence-electron chi connectivity index (χ4n) is 4.51. The number of hydrogen-bond acceptors (Lipinski definition) is 4. The largest absolute Gasteiger partial charge is 0.332 e. The molecule has 140 valence electrons. The van der Waals surface area contributed by atoms with E-state index in [1.165, 1.54) is 51.4 Å². The summed E-state index contributed by atoms with van der Waals surface area (Å²) in [5.41, 5.74) is 6.41. The van der Waals surface area contributed by atoms with Crippen molar-refractivity contribution in [1.29, 1.82) is 0 Å². The maximum atomic E-state index is 13.0. The minimum absolute atomic E-state index is 0.168. The summed E-state index contributed by atoms with van der Waals surface area (Å²) in [5, 5.41) is 6.90. The fourth-order valence-corrected chi connectivity index (χ4v) is 4.51. The minimum atomic E-state index is 0.168. The van der Waals surface area contributed by atoms with Crippen LogP contribution in [0.15, 0.2) is 6.33 Å². The lowest BCUT2D eigenvalue weighted by atomic mass is 9.82. The van der Waals surface area contributed by atoms with E-state index in [0.717, 1.165) is 19.3 Å². The highest BCUT2D eigenvalue weighted by atomic mass is 16.2. The van der Waals surface area contributed by atoms with Gasteiger partial charge in [0.1, 0.15) is 6.33 Å². The van der Waals surface area contributed by atoms with Gasteiger partial charge in [0.05, 0.1) is 6.54 Å². The Morgan fingerprint density at radius 2 is 1.84 bits per heavy atom. The third kappa shape index (κ3) is 5.27. The molecule has 2 fully saturated rings. The minimum Gasteiger partial charge on any atom is -0.332 e. The Morgan fingerprint density at radius 1 is 1.16 bits per heavy atom. The van der Waals surface area contributed by atoms with Crippen LogP contribution in [0.1, 0.15) is 82.9 Å². The first-order chi connectivity index (χ1) is 12.2. The van der Waals surface area contributed by atoms with Crippen LogP contribution in [0.4, 0.5) is 0 Å². The molecule has 1 atom stereocenters. The van der Waals surface area contributed by atoms with E-state index >= 15 is 0 Å². The smallest absolute Gasteiger partial charge is 0.223 e. The van der Waals surface area contributed by atoms with E-state index in [0.29, 0.717) is 30.7 Å². The number of nitrogens with one attached hydrogen (secondary N) is 1. The molecule has 0 aromatic carbocycles. The maximum absolute atomic E-state index is 13.0. The van der Waals surface area contributed by atoms with Gasteiger partial charge in [0.2, 0.25) is 5.91 Å². The van der Waals surface area contributed by atoms with Gasteiger partial charge in [0.15, 0.2) is 5.82 Å². The lowest BCUT2D eigenvalue weighted by Crippen LogP contribution is -2.42. The first-order valence-corrected chi connectivity index (χ1v) is 10.1. The molecule has 0 spiro atoms. The molecule has 25 heavy (non-hydrogen) atoms. The SMILES string of the molecule is N[C@@H](CCC(=O)N(Cc1nc[nH]n1)C1CCCCC1)C1CCCCC1. The zero-order valence-corrected chi connectivity index (χ0v) is 15.3. The third-order valence-electron chi connectivity index (χ3n) is 6.06. The van der Waals surface area contributed by atoms with Crippen LogP contribution in [0.25, 0.3) is 0 Å². The van der Waals surface area contributed by atoms with Gasteiger partial charge < -0.3 is 10.6 Å². The quantitative estimate of drug-likeness (QED) is 0.793.